The van der Waals surface area contributed by atoms with E-state index in [0.29, 0.717) is 35.8 Å². The minimum atomic E-state index is -2.62. The van der Waals surface area contributed by atoms with Crippen molar-refractivity contribution in [1.29, 1.82) is 0 Å². The number of para-hydroxylation sites is 1. The van der Waals surface area contributed by atoms with Gasteiger partial charge in [-0.3, -0.25) is 15.0 Å². The molecule has 2 N–H and O–H groups in total. The summed E-state index contributed by atoms with van der Waals surface area (Å²) in [5, 5.41) is 7.53. The number of furan rings is 1. The number of nitrogens with zero attached hydrogens (tertiary/aromatic N) is 5. The van der Waals surface area contributed by atoms with Crippen molar-refractivity contribution in [2.45, 2.75) is 18.9 Å². The van der Waals surface area contributed by atoms with Crippen LogP contribution in [0.15, 0.2) is 71.8 Å². The predicted octanol–water partition coefficient (Wildman–Crippen LogP) is 5.66. The summed E-state index contributed by atoms with van der Waals surface area (Å²) in [6.07, 6.45) is 6.67. The molecule has 0 amide bonds. The number of alkyl halides is 2. The lowest BCUT2D eigenvalue weighted by Crippen LogP contribution is -2.24. The van der Waals surface area contributed by atoms with Crippen molar-refractivity contribution in [1.82, 2.24) is 35.0 Å². The van der Waals surface area contributed by atoms with E-state index in [1.54, 1.807) is 29.8 Å². The van der Waals surface area contributed by atoms with Crippen LogP contribution in [0.25, 0.3) is 56.0 Å². The summed E-state index contributed by atoms with van der Waals surface area (Å²) in [4.78, 5) is 19.2. The van der Waals surface area contributed by atoms with Gasteiger partial charge in [-0.05, 0) is 35.9 Å². The standard InChI is InChI=1S/C27H21F2N7O/c28-27(29)7-8-36(15-27)13-16-10-18(12-30-11-16)20-4-5-22-24(31-20)25(35-34-22)26-32-21-3-1-2-19(23(21)33-26)17-6-9-37-14-17/h1-6,9-12,14H,7-8,13,15H2,(H,32,33)(H,34,35). The van der Waals surface area contributed by atoms with E-state index in [0.717, 1.165) is 38.8 Å². The number of rotatable bonds is 5. The average molecular weight is 498 g/mol. The summed E-state index contributed by atoms with van der Waals surface area (Å²) in [5.41, 5.74) is 8.05. The van der Waals surface area contributed by atoms with Crippen molar-refractivity contribution in [2.75, 3.05) is 13.1 Å². The van der Waals surface area contributed by atoms with Crippen LogP contribution in [0.4, 0.5) is 8.78 Å². The first-order valence-electron chi connectivity index (χ1n) is 11.9. The third kappa shape index (κ3) is 3.95. The van der Waals surface area contributed by atoms with Crippen LogP contribution in [0.5, 0.6) is 0 Å². The molecule has 0 saturated carbocycles. The predicted molar refractivity (Wildman–Crippen MR) is 135 cm³/mol. The normalized spacial score (nSPS) is 15.7. The van der Waals surface area contributed by atoms with E-state index in [4.69, 9.17) is 14.4 Å². The minimum Gasteiger partial charge on any atom is -0.472 e. The van der Waals surface area contributed by atoms with Gasteiger partial charge >= 0.3 is 0 Å². The van der Waals surface area contributed by atoms with E-state index in [-0.39, 0.29) is 13.0 Å². The first-order chi connectivity index (χ1) is 18.0. The molecule has 1 aromatic carbocycles. The highest BCUT2D eigenvalue weighted by molar-refractivity contribution is 5.96. The second-order valence-electron chi connectivity index (χ2n) is 9.36. The van der Waals surface area contributed by atoms with Gasteiger partial charge in [-0.2, -0.15) is 5.10 Å². The Hall–Kier alpha value is -4.44. The lowest BCUT2D eigenvalue weighted by molar-refractivity contribution is 0.0115. The number of aromatic amines is 2. The van der Waals surface area contributed by atoms with Gasteiger partial charge in [0, 0.05) is 48.6 Å². The molecule has 0 atom stereocenters. The first kappa shape index (κ1) is 21.8. The third-order valence-corrected chi connectivity index (χ3v) is 6.72. The third-order valence-electron chi connectivity index (χ3n) is 6.72. The average Bonchev–Trinajstić information content (AvgIpc) is 3.69. The van der Waals surface area contributed by atoms with Crippen molar-refractivity contribution in [3.63, 3.8) is 0 Å². The summed E-state index contributed by atoms with van der Waals surface area (Å²) in [6.45, 7) is 0.576. The molecular formula is C27H21F2N7O. The second kappa shape index (κ2) is 8.31. The number of hydrogen-bond donors (Lipinski definition) is 2. The fraction of sp³-hybridized carbons (Fsp3) is 0.185. The molecule has 1 saturated heterocycles. The van der Waals surface area contributed by atoms with Gasteiger partial charge in [0.1, 0.15) is 5.52 Å². The van der Waals surface area contributed by atoms with Crippen molar-refractivity contribution >= 4 is 22.1 Å². The van der Waals surface area contributed by atoms with Gasteiger partial charge in [-0.15, -0.1) is 0 Å². The highest BCUT2D eigenvalue weighted by Gasteiger charge is 2.37. The van der Waals surface area contributed by atoms with Crippen LogP contribution in [0, 0.1) is 0 Å². The van der Waals surface area contributed by atoms with Crippen LogP contribution >= 0.6 is 0 Å². The number of likely N-dealkylation sites (tertiary alicyclic amines) is 1. The Kier molecular flexibility index (Phi) is 4.90. The SMILES string of the molecule is FC1(F)CCN(Cc2cncc(-c3ccc4[nH]nc(-c5nc6c(-c7ccoc7)cccc6[nH]5)c4n3)c2)C1. The Labute approximate surface area is 209 Å². The Bertz CT molecular complexity index is 1740. The summed E-state index contributed by atoms with van der Waals surface area (Å²) in [5.74, 6) is -2.02. The highest BCUT2D eigenvalue weighted by Crippen LogP contribution is 2.32. The highest BCUT2D eigenvalue weighted by atomic mass is 19.3. The molecule has 1 aliphatic rings. The number of benzene rings is 1. The molecule has 184 valence electrons. The monoisotopic (exact) mass is 497 g/mol. The minimum absolute atomic E-state index is 0.104. The van der Waals surface area contributed by atoms with E-state index in [1.165, 1.54) is 0 Å². The fourth-order valence-electron chi connectivity index (χ4n) is 4.93. The van der Waals surface area contributed by atoms with Crippen molar-refractivity contribution in [3.8, 4) is 33.9 Å². The molecule has 0 spiro atoms. The molecule has 5 aromatic heterocycles. The Morgan fingerprint density at radius 2 is 1.95 bits per heavy atom. The molecule has 6 heterocycles. The van der Waals surface area contributed by atoms with Crippen molar-refractivity contribution in [3.05, 3.63) is 72.9 Å². The summed E-state index contributed by atoms with van der Waals surface area (Å²) >= 11 is 0. The van der Waals surface area contributed by atoms with E-state index < -0.39 is 5.92 Å². The van der Waals surface area contributed by atoms with E-state index in [1.807, 2.05) is 42.5 Å². The first-order valence-corrected chi connectivity index (χ1v) is 11.9. The second-order valence-corrected chi connectivity index (χ2v) is 9.36. The Morgan fingerprint density at radius 3 is 2.78 bits per heavy atom. The number of halogens is 2. The lowest BCUT2D eigenvalue weighted by Gasteiger charge is -2.15. The molecule has 37 heavy (non-hydrogen) atoms. The van der Waals surface area contributed by atoms with Gasteiger partial charge in [0.15, 0.2) is 11.5 Å². The summed E-state index contributed by atoms with van der Waals surface area (Å²) in [6, 6.07) is 13.6. The fourth-order valence-corrected chi connectivity index (χ4v) is 4.93. The topological polar surface area (TPSA) is 99.5 Å². The molecule has 8 nitrogen and oxygen atoms in total. The number of H-pyrrole nitrogens is 2. The molecule has 6 aromatic rings. The lowest BCUT2D eigenvalue weighted by atomic mass is 10.1. The molecule has 10 heteroatoms. The van der Waals surface area contributed by atoms with Gasteiger partial charge in [-0.1, -0.05) is 12.1 Å². The molecule has 0 aliphatic carbocycles. The number of imidazole rings is 1. The van der Waals surface area contributed by atoms with Crippen LogP contribution in [0.1, 0.15) is 12.0 Å². The van der Waals surface area contributed by atoms with Gasteiger partial charge in [-0.25, -0.2) is 18.7 Å². The van der Waals surface area contributed by atoms with Crippen LogP contribution in [0.2, 0.25) is 0 Å². The number of hydrogen-bond acceptors (Lipinski definition) is 6. The number of pyridine rings is 2. The maximum absolute atomic E-state index is 13.6. The maximum atomic E-state index is 13.6. The number of nitrogens with one attached hydrogen (secondary N) is 2. The number of aromatic nitrogens is 6. The van der Waals surface area contributed by atoms with Crippen LogP contribution < -0.4 is 0 Å². The largest absolute Gasteiger partial charge is 0.472 e. The molecule has 1 aliphatic heterocycles. The van der Waals surface area contributed by atoms with Gasteiger partial charge in [0.05, 0.1) is 41.3 Å². The van der Waals surface area contributed by atoms with Crippen molar-refractivity contribution in [2.24, 2.45) is 0 Å². The molecule has 7 rings (SSSR count). The molecular weight excluding hydrogens is 476 g/mol. The number of fused-ring (bicyclic) bond motifs is 2. The smallest absolute Gasteiger partial charge is 0.261 e. The van der Waals surface area contributed by atoms with Gasteiger partial charge in [0.2, 0.25) is 0 Å². The van der Waals surface area contributed by atoms with E-state index in [9.17, 15) is 8.78 Å². The zero-order valence-corrected chi connectivity index (χ0v) is 19.6. The Morgan fingerprint density at radius 1 is 1.00 bits per heavy atom. The summed E-state index contributed by atoms with van der Waals surface area (Å²) in [7, 11) is 0. The van der Waals surface area contributed by atoms with Crippen LogP contribution in [-0.4, -0.2) is 54.0 Å². The quantitative estimate of drug-likeness (QED) is 0.319. The molecule has 1 fully saturated rings. The van der Waals surface area contributed by atoms with Crippen LogP contribution in [-0.2, 0) is 6.54 Å². The molecule has 0 bridgehead atoms. The van der Waals surface area contributed by atoms with Crippen LogP contribution in [0.3, 0.4) is 0 Å². The summed E-state index contributed by atoms with van der Waals surface area (Å²) < 4.78 is 32.5. The van der Waals surface area contributed by atoms with E-state index in [2.05, 4.69) is 20.2 Å². The maximum Gasteiger partial charge on any atom is 0.261 e. The molecule has 0 radical (unpaired) electrons. The van der Waals surface area contributed by atoms with Crippen molar-refractivity contribution < 1.29 is 13.2 Å². The van der Waals surface area contributed by atoms with Gasteiger partial charge in [0.25, 0.3) is 5.92 Å². The van der Waals surface area contributed by atoms with Gasteiger partial charge < -0.3 is 9.40 Å². The van der Waals surface area contributed by atoms with E-state index >= 15 is 0 Å². The zero-order valence-electron chi connectivity index (χ0n) is 19.6. The Balaban J connectivity index is 1.24. The zero-order chi connectivity index (χ0) is 25.0. The molecule has 0 unspecified atom stereocenters.